The van der Waals surface area contributed by atoms with Gasteiger partial charge in [0.25, 0.3) is 0 Å². The van der Waals surface area contributed by atoms with E-state index in [1.807, 2.05) is 0 Å². The van der Waals surface area contributed by atoms with E-state index in [1.165, 1.54) is 25.3 Å². The van der Waals surface area contributed by atoms with Gasteiger partial charge in [0.1, 0.15) is 11.6 Å². The van der Waals surface area contributed by atoms with Crippen LogP contribution in [-0.2, 0) is 17.9 Å². The summed E-state index contributed by atoms with van der Waals surface area (Å²) in [5.74, 6) is -0.644. The number of alkyl halides is 3. The third-order valence-corrected chi connectivity index (χ3v) is 3.20. The molecule has 0 bridgehead atoms. The van der Waals surface area contributed by atoms with Crippen molar-refractivity contribution in [3.05, 3.63) is 59.4 Å². The molecule has 0 aromatic heterocycles. The van der Waals surface area contributed by atoms with Crippen molar-refractivity contribution in [3.8, 4) is 5.75 Å². The first-order chi connectivity index (χ1) is 12.3. The number of halogens is 4. The second kappa shape index (κ2) is 8.52. The Kier molecular flexibility index (Phi) is 6.40. The van der Waals surface area contributed by atoms with Crippen LogP contribution in [0.2, 0.25) is 0 Å². The summed E-state index contributed by atoms with van der Waals surface area (Å²) < 4.78 is 58.6. The van der Waals surface area contributed by atoms with E-state index in [9.17, 15) is 17.6 Å². The Hall–Kier alpha value is -2.81. The number of nitrogens with one attached hydrogen (secondary N) is 1. The van der Waals surface area contributed by atoms with Crippen LogP contribution in [0.5, 0.6) is 5.75 Å². The molecule has 0 heterocycles. The van der Waals surface area contributed by atoms with Crippen LogP contribution in [0.15, 0.2) is 47.5 Å². The predicted octanol–water partition coefficient (Wildman–Crippen LogP) is 3.80. The number of nitrogens with zero attached hydrogens (tertiary/aromatic N) is 1. The van der Waals surface area contributed by atoms with Crippen molar-refractivity contribution in [1.82, 2.24) is 0 Å². The van der Waals surface area contributed by atoms with Crippen LogP contribution in [0.25, 0.3) is 0 Å². The minimum absolute atomic E-state index is 0.0621. The van der Waals surface area contributed by atoms with E-state index in [0.29, 0.717) is 11.3 Å². The van der Waals surface area contributed by atoms with Crippen molar-refractivity contribution in [2.75, 3.05) is 12.4 Å². The van der Waals surface area contributed by atoms with E-state index in [0.717, 1.165) is 17.7 Å². The van der Waals surface area contributed by atoms with Crippen molar-refractivity contribution in [2.45, 2.75) is 19.5 Å². The molecular formula is C17H17F4N3O2. The molecule has 0 amide bonds. The SMILES string of the molecule is COCc1cc(CN=C(N)Nc2ccc(OC(F)(F)F)cc2)ccc1F. The molecule has 5 nitrogen and oxygen atoms in total. The van der Waals surface area contributed by atoms with Crippen LogP contribution in [0, 0.1) is 5.82 Å². The lowest BCUT2D eigenvalue weighted by molar-refractivity contribution is -0.274. The predicted molar refractivity (Wildman–Crippen MR) is 89.2 cm³/mol. The van der Waals surface area contributed by atoms with E-state index < -0.39 is 6.36 Å². The largest absolute Gasteiger partial charge is 0.573 e. The van der Waals surface area contributed by atoms with Crippen LogP contribution >= 0.6 is 0 Å². The Bertz CT molecular complexity index is 762. The Morgan fingerprint density at radius 3 is 2.46 bits per heavy atom. The van der Waals surface area contributed by atoms with Crippen molar-refractivity contribution < 1.29 is 27.0 Å². The number of hydrogen-bond acceptors (Lipinski definition) is 3. The highest BCUT2D eigenvalue weighted by molar-refractivity contribution is 5.92. The van der Waals surface area contributed by atoms with E-state index in [2.05, 4.69) is 15.0 Å². The maximum atomic E-state index is 13.5. The Balaban J connectivity index is 1.97. The summed E-state index contributed by atoms with van der Waals surface area (Å²) in [6, 6.07) is 9.58. The summed E-state index contributed by atoms with van der Waals surface area (Å²) in [4.78, 5) is 4.11. The lowest BCUT2D eigenvalue weighted by atomic mass is 10.1. The molecule has 0 saturated heterocycles. The third kappa shape index (κ3) is 6.25. The molecule has 0 unspecified atom stereocenters. The van der Waals surface area contributed by atoms with Crippen molar-refractivity contribution in [3.63, 3.8) is 0 Å². The fourth-order valence-electron chi connectivity index (χ4n) is 2.10. The van der Waals surface area contributed by atoms with E-state index in [4.69, 9.17) is 10.5 Å². The molecule has 0 spiro atoms. The number of guanidine groups is 1. The number of rotatable bonds is 6. The van der Waals surface area contributed by atoms with Gasteiger partial charge in [0, 0.05) is 18.4 Å². The summed E-state index contributed by atoms with van der Waals surface area (Å²) in [5.41, 5.74) is 7.34. The first-order valence-electron chi connectivity index (χ1n) is 7.46. The summed E-state index contributed by atoms with van der Waals surface area (Å²) in [6.07, 6.45) is -4.74. The molecule has 0 saturated carbocycles. The number of hydrogen-bond donors (Lipinski definition) is 2. The van der Waals surface area contributed by atoms with E-state index >= 15 is 0 Å². The van der Waals surface area contributed by atoms with Crippen LogP contribution in [0.3, 0.4) is 0 Å². The van der Waals surface area contributed by atoms with E-state index in [1.54, 1.807) is 12.1 Å². The monoisotopic (exact) mass is 371 g/mol. The lowest BCUT2D eigenvalue weighted by Crippen LogP contribution is -2.22. The van der Waals surface area contributed by atoms with Gasteiger partial charge in [0.05, 0.1) is 13.2 Å². The van der Waals surface area contributed by atoms with Gasteiger partial charge in [-0.2, -0.15) is 0 Å². The van der Waals surface area contributed by atoms with Crippen molar-refractivity contribution in [2.24, 2.45) is 10.7 Å². The number of methoxy groups -OCH3 is 1. The fraction of sp³-hybridized carbons (Fsp3) is 0.235. The molecule has 0 aliphatic heterocycles. The maximum Gasteiger partial charge on any atom is 0.573 e. The highest BCUT2D eigenvalue weighted by Crippen LogP contribution is 2.23. The number of benzene rings is 2. The van der Waals surface area contributed by atoms with Gasteiger partial charge in [-0.1, -0.05) is 6.07 Å². The van der Waals surface area contributed by atoms with Gasteiger partial charge < -0.3 is 20.5 Å². The smallest absolute Gasteiger partial charge is 0.406 e. The maximum absolute atomic E-state index is 13.5. The average Bonchev–Trinajstić information content (AvgIpc) is 2.56. The second-order valence-electron chi connectivity index (χ2n) is 5.26. The summed E-state index contributed by atoms with van der Waals surface area (Å²) >= 11 is 0. The van der Waals surface area contributed by atoms with Crippen LogP contribution in [-0.4, -0.2) is 19.4 Å². The molecule has 2 aromatic carbocycles. The topological polar surface area (TPSA) is 68.9 Å². The zero-order chi connectivity index (χ0) is 19.2. The van der Waals surface area contributed by atoms with Crippen LogP contribution in [0.4, 0.5) is 23.2 Å². The lowest BCUT2D eigenvalue weighted by Gasteiger charge is -2.10. The molecule has 9 heteroatoms. The zero-order valence-electron chi connectivity index (χ0n) is 13.8. The summed E-state index contributed by atoms with van der Waals surface area (Å²) in [5, 5.41) is 2.75. The molecule has 2 rings (SSSR count). The van der Waals surface area contributed by atoms with Gasteiger partial charge in [0.15, 0.2) is 5.96 Å². The van der Waals surface area contributed by atoms with Gasteiger partial charge in [0.2, 0.25) is 0 Å². The van der Waals surface area contributed by atoms with Gasteiger partial charge >= 0.3 is 6.36 Å². The third-order valence-electron chi connectivity index (χ3n) is 3.20. The van der Waals surface area contributed by atoms with Gasteiger partial charge in [-0.3, -0.25) is 0 Å². The number of anilines is 1. The molecule has 140 valence electrons. The van der Waals surface area contributed by atoms with Gasteiger partial charge in [-0.05, 0) is 42.0 Å². The molecule has 0 atom stereocenters. The first kappa shape index (κ1) is 19.5. The Morgan fingerprint density at radius 1 is 1.15 bits per heavy atom. The Labute approximate surface area is 147 Å². The zero-order valence-corrected chi connectivity index (χ0v) is 13.8. The number of nitrogens with two attached hydrogens (primary N) is 1. The quantitative estimate of drug-likeness (QED) is 0.460. The summed E-state index contributed by atoms with van der Waals surface area (Å²) in [7, 11) is 1.47. The number of aliphatic imine (C=N–C) groups is 1. The molecule has 0 fully saturated rings. The van der Waals surface area contributed by atoms with Crippen LogP contribution in [0.1, 0.15) is 11.1 Å². The number of ether oxygens (including phenoxy) is 2. The summed E-state index contributed by atoms with van der Waals surface area (Å²) in [6.45, 7) is 0.342. The molecule has 0 radical (unpaired) electrons. The Morgan fingerprint density at radius 2 is 1.85 bits per heavy atom. The van der Waals surface area contributed by atoms with Crippen LogP contribution < -0.4 is 15.8 Å². The minimum atomic E-state index is -4.74. The second-order valence-corrected chi connectivity index (χ2v) is 5.26. The molecular weight excluding hydrogens is 354 g/mol. The van der Waals surface area contributed by atoms with Crippen molar-refractivity contribution in [1.29, 1.82) is 0 Å². The molecule has 2 aromatic rings. The standard InChI is InChI=1S/C17H17F4N3O2/c1-25-10-12-8-11(2-7-15(12)18)9-23-16(22)24-13-3-5-14(6-4-13)26-17(19,20)21/h2-8H,9-10H2,1H3,(H3,22,23,24). The van der Waals surface area contributed by atoms with Crippen molar-refractivity contribution >= 4 is 11.6 Å². The molecule has 3 N–H and O–H groups in total. The minimum Gasteiger partial charge on any atom is -0.406 e. The highest BCUT2D eigenvalue weighted by atomic mass is 19.4. The fourth-order valence-corrected chi connectivity index (χ4v) is 2.10. The first-order valence-corrected chi connectivity index (χ1v) is 7.46. The molecule has 26 heavy (non-hydrogen) atoms. The van der Waals surface area contributed by atoms with Gasteiger partial charge in [-0.25, -0.2) is 9.38 Å². The average molecular weight is 371 g/mol. The molecule has 0 aliphatic rings. The van der Waals surface area contributed by atoms with Gasteiger partial charge in [-0.15, -0.1) is 13.2 Å². The normalized spacial score (nSPS) is 12.1. The highest BCUT2D eigenvalue weighted by Gasteiger charge is 2.30. The molecule has 0 aliphatic carbocycles. The van der Waals surface area contributed by atoms with E-state index in [-0.39, 0.29) is 30.7 Å².